The van der Waals surface area contributed by atoms with Gasteiger partial charge in [-0.3, -0.25) is 4.79 Å². The van der Waals surface area contributed by atoms with Gasteiger partial charge in [-0.2, -0.15) is 0 Å². The van der Waals surface area contributed by atoms with Crippen LogP contribution < -0.4 is 4.74 Å². The summed E-state index contributed by atoms with van der Waals surface area (Å²) in [4.78, 5) is 13.7. The predicted octanol–water partition coefficient (Wildman–Crippen LogP) is 8.27. The van der Waals surface area contributed by atoms with Crippen LogP contribution in [0.25, 0.3) is 33.0 Å². The monoisotopic (exact) mass is 454 g/mol. The van der Waals surface area contributed by atoms with E-state index >= 15 is 0 Å². The lowest BCUT2D eigenvalue weighted by molar-refractivity contribution is -0.142. The highest BCUT2D eigenvalue weighted by Gasteiger charge is 2.40. The van der Waals surface area contributed by atoms with Crippen LogP contribution >= 0.6 is 0 Å². The Morgan fingerprint density at radius 3 is 1.80 bits per heavy atom. The summed E-state index contributed by atoms with van der Waals surface area (Å²) in [5, 5.41) is 2.44. The zero-order valence-electron chi connectivity index (χ0n) is 19.4. The highest BCUT2D eigenvalue weighted by atomic mass is 16.5. The fraction of sp³-hybridized carbons (Fsp3) is 0.121. The van der Waals surface area contributed by atoms with Crippen molar-refractivity contribution in [2.45, 2.75) is 18.8 Å². The zero-order chi connectivity index (χ0) is 23.6. The van der Waals surface area contributed by atoms with Crippen molar-refractivity contribution in [3.63, 3.8) is 0 Å². The number of carbonyl (C=O) groups excluding carboxylic acids is 1. The van der Waals surface area contributed by atoms with Crippen LogP contribution in [0.5, 0.6) is 5.75 Å². The minimum atomic E-state index is -0.145. The third-order valence-electron chi connectivity index (χ3n) is 7.19. The Balaban J connectivity index is 1.38. The molecule has 1 fully saturated rings. The number of fused-ring (bicyclic) bond motifs is 1. The van der Waals surface area contributed by atoms with Crippen LogP contribution in [-0.4, -0.2) is 5.97 Å². The van der Waals surface area contributed by atoms with Gasteiger partial charge in [-0.15, -0.1) is 0 Å². The average Bonchev–Trinajstić information content (AvgIpc) is 2.89. The van der Waals surface area contributed by atoms with Gasteiger partial charge in [0.25, 0.3) is 0 Å². The molecule has 1 aliphatic carbocycles. The van der Waals surface area contributed by atoms with E-state index in [-0.39, 0.29) is 17.8 Å². The molecule has 0 N–H and O–H groups in total. The number of esters is 1. The summed E-state index contributed by atoms with van der Waals surface area (Å²) in [6.07, 6.45) is 1.85. The first-order valence-corrected chi connectivity index (χ1v) is 12.2. The summed E-state index contributed by atoms with van der Waals surface area (Å²) in [7, 11) is 0. The second-order valence-electron chi connectivity index (χ2n) is 9.19. The predicted molar refractivity (Wildman–Crippen MR) is 142 cm³/mol. The first kappa shape index (κ1) is 21.4. The average molecular weight is 455 g/mol. The van der Waals surface area contributed by atoms with Gasteiger partial charge < -0.3 is 4.74 Å². The third-order valence-corrected chi connectivity index (χ3v) is 7.19. The van der Waals surface area contributed by atoms with Crippen molar-refractivity contribution < 1.29 is 9.53 Å². The molecule has 2 nitrogen and oxygen atoms in total. The summed E-state index contributed by atoms with van der Waals surface area (Å²) in [5.41, 5.74) is 5.18. The quantitative estimate of drug-likeness (QED) is 0.197. The third kappa shape index (κ3) is 4.02. The van der Waals surface area contributed by atoms with Crippen LogP contribution in [0.15, 0.2) is 121 Å². The second-order valence-corrected chi connectivity index (χ2v) is 9.19. The first-order chi connectivity index (χ1) is 17.3. The van der Waals surface area contributed by atoms with Gasteiger partial charge in [-0.05, 0) is 46.2 Å². The van der Waals surface area contributed by atoms with Crippen molar-refractivity contribution in [2.24, 2.45) is 5.92 Å². The molecule has 2 heteroatoms. The molecule has 1 aliphatic rings. The van der Waals surface area contributed by atoms with Crippen molar-refractivity contribution >= 4 is 16.7 Å². The molecule has 0 bridgehead atoms. The number of hydrogen-bond acceptors (Lipinski definition) is 2. The van der Waals surface area contributed by atoms with E-state index in [4.69, 9.17) is 4.74 Å². The Morgan fingerprint density at radius 2 is 1.17 bits per heavy atom. The van der Waals surface area contributed by atoms with Crippen LogP contribution in [-0.2, 0) is 4.79 Å². The van der Waals surface area contributed by atoms with Crippen molar-refractivity contribution in [2.75, 3.05) is 0 Å². The van der Waals surface area contributed by atoms with Crippen molar-refractivity contribution in [3.05, 3.63) is 127 Å². The molecule has 0 radical (unpaired) electrons. The summed E-state index contributed by atoms with van der Waals surface area (Å²) >= 11 is 0. The highest BCUT2D eigenvalue weighted by Crippen LogP contribution is 2.47. The number of ether oxygens (including phenoxy) is 1. The SMILES string of the molecule is O=C(Oc1c(-c2ccccc2)cccc1-c1ccccc1)[C@H]1CC[C@@H]1c1cccc2ccccc12. The Morgan fingerprint density at radius 1 is 0.600 bits per heavy atom. The van der Waals surface area contributed by atoms with Gasteiger partial charge in [0.1, 0.15) is 5.75 Å². The summed E-state index contributed by atoms with van der Waals surface area (Å²) in [6, 6.07) is 41.2. The van der Waals surface area contributed by atoms with Gasteiger partial charge in [-0.1, -0.05) is 121 Å². The molecule has 0 aromatic heterocycles. The Kier molecular flexibility index (Phi) is 5.64. The van der Waals surface area contributed by atoms with Crippen molar-refractivity contribution in [3.8, 4) is 28.0 Å². The van der Waals surface area contributed by atoms with Crippen molar-refractivity contribution in [1.29, 1.82) is 0 Å². The van der Waals surface area contributed by atoms with E-state index < -0.39 is 0 Å². The van der Waals surface area contributed by atoms with Gasteiger partial charge >= 0.3 is 5.97 Å². The molecule has 0 unspecified atom stereocenters. The number of benzene rings is 5. The molecular weight excluding hydrogens is 428 g/mol. The van der Waals surface area contributed by atoms with Gasteiger partial charge in [0.15, 0.2) is 0 Å². The lowest BCUT2D eigenvalue weighted by Crippen LogP contribution is -2.34. The molecule has 0 aliphatic heterocycles. The maximum Gasteiger partial charge on any atom is 0.314 e. The molecule has 170 valence electrons. The molecule has 5 aromatic rings. The smallest absolute Gasteiger partial charge is 0.314 e. The van der Waals surface area contributed by atoms with E-state index in [1.807, 2.05) is 54.6 Å². The molecule has 0 spiro atoms. The maximum absolute atomic E-state index is 13.7. The molecule has 1 saturated carbocycles. The molecule has 6 rings (SSSR count). The van der Waals surface area contributed by atoms with E-state index in [2.05, 4.69) is 66.7 Å². The van der Waals surface area contributed by atoms with Gasteiger partial charge in [0.05, 0.1) is 5.92 Å². The van der Waals surface area contributed by atoms with E-state index in [0.717, 1.165) is 35.1 Å². The fourth-order valence-electron chi connectivity index (χ4n) is 5.24. The number of para-hydroxylation sites is 1. The zero-order valence-corrected chi connectivity index (χ0v) is 19.4. The molecular formula is C33H26O2. The largest absolute Gasteiger partial charge is 0.425 e. The topological polar surface area (TPSA) is 26.3 Å². The molecule has 35 heavy (non-hydrogen) atoms. The maximum atomic E-state index is 13.7. The van der Waals surface area contributed by atoms with Crippen LogP contribution in [0, 0.1) is 5.92 Å². The Labute approximate surface area is 205 Å². The standard InChI is InChI=1S/C33H26O2/c34-33(31-22-21-30(31)29-20-9-16-23-15-7-8-17-26(23)29)35-32-27(24-11-3-1-4-12-24)18-10-19-28(32)25-13-5-2-6-14-25/h1-20,30-31H,21-22H2/t30-,31+/m1/s1. The molecule has 5 aromatic carbocycles. The van der Waals surface area contributed by atoms with Crippen LogP contribution in [0.2, 0.25) is 0 Å². The van der Waals surface area contributed by atoms with Crippen LogP contribution in [0.1, 0.15) is 24.3 Å². The Hall–Kier alpha value is -4.17. The molecule has 2 atom stereocenters. The lowest BCUT2D eigenvalue weighted by atomic mass is 9.69. The molecule has 0 amide bonds. The summed E-state index contributed by atoms with van der Waals surface area (Å²) in [5.74, 6) is 0.527. The van der Waals surface area contributed by atoms with E-state index in [1.54, 1.807) is 0 Å². The lowest BCUT2D eigenvalue weighted by Gasteiger charge is -2.36. The number of carbonyl (C=O) groups is 1. The number of hydrogen-bond donors (Lipinski definition) is 0. The summed E-state index contributed by atoms with van der Waals surface area (Å²) in [6.45, 7) is 0. The van der Waals surface area contributed by atoms with E-state index in [9.17, 15) is 4.79 Å². The second kappa shape index (κ2) is 9.23. The van der Waals surface area contributed by atoms with Crippen molar-refractivity contribution in [1.82, 2.24) is 0 Å². The molecule has 0 saturated heterocycles. The van der Waals surface area contributed by atoms with Gasteiger partial charge in [0, 0.05) is 11.1 Å². The van der Waals surface area contributed by atoms with Gasteiger partial charge in [0.2, 0.25) is 0 Å². The van der Waals surface area contributed by atoms with E-state index in [1.165, 1.54) is 16.3 Å². The normalized spacial score (nSPS) is 17.0. The minimum absolute atomic E-state index is 0.144. The van der Waals surface area contributed by atoms with Crippen LogP contribution in [0.3, 0.4) is 0 Å². The summed E-state index contributed by atoms with van der Waals surface area (Å²) < 4.78 is 6.31. The fourth-order valence-corrected chi connectivity index (χ4v) is 5.24. The van der Waals surface area contributed by atoms with E-state index in [0.29, 0.717) is 5.75 Å². The minimum Gasteiger partial charge on any atom is -0.425 e. The molecule has 0 heterocycles. The van der Waals surface area contributed by atoms with Crippen LogP contribution in [0.4, 0.5) is 0 Å². The van der Waals surface area contributed by atoms with Gasteiger partial charge in [-0.25, -0.2) is 0 Å². The first-order valence-electron chi connectivity index (χ1n) is 12.2. The number of rotatable bonds is 5. The Bertz CT molecular complexity index is 1430. The highest BCUT2D eigenvalue weighted by molar-refractivity contribution is 5.90.